The van der Waals surface area contributed by atoms with Gasteiger partial charge in [0.1, 0.15) is 17.1 Å². The summed E-state index contributed by atoms with van der Waals surface area (Å²) >= 11 is 1.43. The Hall–Kier alpha value is -2.19. The average Bonchev–Trinajstić information content (AvgIpc) is 2.49. The van der Waals surface area contributed by atoms with Gasteiger partial charge in [0.2, 0.25) is 5.91 Å². The number of carboxylic acid groups (broad SMARTS) is 1. The first-order valence-electron chi connectivity index (χ1n) is 6.56. The van der Waals surface area contributed by atoms with Crippen LogP contribution in [0.5, 0.6) is 11.5 Å². The molecule has 2 aliphatic rings. The van der Waals surface area contributed by atoms with Crippen LogP contribution in [0.2, 0.25) is 0 Å². The van der Waals surface area contributed by atoms with Crippen LogP contribution in [0, 0.1) is 0 Å². The molecule has 1 saturated heterocycles. The summed E-state index contributed by atoms with van der Waals surface area (Å²) in [6.45, 7) is 0. The van der Waals surface area contributed by atoms with Crippen molar-refractivity contribution in [1.82, 2.24) is 4.90 Å². The second-order valence-corrected chi connectivity index (χ2v) is 6.30. The molecule has 0 radical (unpaired) electrons. The molecule has 0 unspecified atom stereocenters. The van der Waals surface area contributed by atoms with Gasteiger partial charge in [0.25, 0.3) is 0 Å². The number of thioether (sulfide) groups is 1. The van der Waals surface area contributed by atoms with E-state index in [1.54, 1.807) is 6.07 Å². The maximum atomic E-state index is 11.8. The van der Waals surface area contributed by atoms with Crippen LogP contribution in [0.25, 0.3) is 0 Å². The fourth-order valence-corrected chi connectivity index (χ4v) is 3.93. The monoisotopic (exact) mass is 322 g/mol. The number of β-lactam (4-membered cyclic amide) rings is 1. The molecule has 2 atom stereocenters. The van der Waals surface area contributed by atoms with Gasteiger partial charge in [0, 0.05) is 5.75 Å². The van der Waals surface area contributed by atoms with Crippen LogP contribution in [-0.4, -0.2) is 49.3 Å². The van der Waals surface area contributed by atoms with Crippen LogP contribution in [0.4, 0.5) is 0 Å². The van der Waals surface area contributed by atoms with Crippen molar-refractivity contribution in [1.29, 1.82) is 0 Å². The van der Waals surface area contributed by atoms with E-state index in [-0.39, 0.29) is 34.9 Å². The lowest BCUT2D eigenvalue weighted by atomic mass is 9.99. The number of carboxylic acids is 1. The fraction of sp³-hybridized carbons (Fsp3) is 0.286. The van der Waals surface area contributed by atoms with Crippen LogP contribution in [0.3, 0.4) is 0 Å². The van der Waals surface area contributed by atoms with Gasteiger partial charge in [-0.15, -0.1) is 11.8 Å². The van der Waals surface area contributed by atoms with E-state index in [1.807, 2.05) is 0 Å². The minimum Gasteiger partial charge on any atom is -0.504 e. The number of nitrogens with two attached hydrogens (primary N) is 1. The number of carbonyl (C=O) groups is 2. The third-order valence-electron chi connectivity index (χ3n) is 3.75. The Labute approximate surface area is 130 Å². The molecule has 22 heavy (non-hydrogen) atoms. The summed E-state index contributed by atoms with van der Waals surface area (Å²) in [5, 5.41) is 27.9. The minimum absolute atomic E-state index is 0.0250. The zero-order valence-electron chi connectivity index (χ0n) is 11.4. The molecule has 7 nitrogen and oxygen atoms in total. The predicted octanol–water partition coefficient (Wildman–Crippen LogP) is 0.221. The van der Waals surface area contributed by atoms with E-state index < -0.39 is 12.0 Å². The van der Waals surface area contributed by atoms with Crippen molar-refractivity contribution < 1.29 is 24.9 Å². The van der Waals surface area contributed by atoms with Crippen LogP contribution in [0.1, 0.15) is 5.56 Å². The standard InChI is InChI=1S/C14H14N2O5S/c15-10-12(19)16-11(14(20)21)7(5-22-13(10)16)3-6-1-2-8(17)9(18)4-6/h1-2,4,10,13,17-18H,3,5,15H2,(H,20,21)/t10-,13-/m1/s1. The first-order chi connectivity index (χ1) is 10.4. The Morgan fingerprint density at radius 3 is 2.73 bits per heavy atom. The SMILES string of the molecule is N[C@@H]1C(=O)N2C(C(=O)O)=C(Cc3ccc(O)c(O)c3)CS[C@H]12. The van der Waals surface area contributed by atoms with Crippen molar-refractivity contribution in [2.45, 2.75) is 17.8 Å². The molecule has 0 aromatic heterocycles. The molecular weight excluding hydrogens is 308 g/mol. The molecule has 116 valence electrons. The maximum absolute atomic E-state index is 11.8. The van der Waals surface area contributed by atoms with Gasteiger partial charge in [-0.2, -0.15) is 0 Å². The number of benzene rings is 1. The number of amides is 1. The van der Waals surface area contributed by atoms with Crippen molar-refractivity contribution >= 4 is 23.6 Å². The molecule has 1 amide bonds. The first kappa shape index (κ1) is 14.7. The lowest BCUT2D eigenvalue weighted by Crippen LogP contribution is -2.68. The maximum Gasteiger partial charge on any atom is 0.352 e. The number of fused-ring (bicyclic) bond motifs is 1. The van der Waals surface area contributed by atoms with E-state index in [4.69, 9.17) is 5.73 Å². The number of phenols is 2. The topological polar surface area (TPSA) is 124 Å². The number of hydrogen-bond donors (Lipinski definition) is 4. The van der Waals surface area contributed by atoms with E-state index in [9.17, 15) is 24.9 Å². The number of carbonyl (C=O) groups excluding carboxylic acids is 1. The Morgan fingerprint density at radius 1 is 1.36 bits per heavy atom. The van der Waals surface area contributed by atoms with Crippen LogP contribution in [-0.2, 0) is 16.0 Å². The van der Waals surface area contributed by atoms with E-state index in [0.29, 0.717) is 16.9 Å². The summed E-state index contributed by atoms with van der Waals surface area (Å²) in [5.74, 6) is -1.61. The average molecular weight is 322 g/mol. The Morgan fingerprint density at radius 2 is 2.09 bits per heavy atom. The summed E-state index contributed by atoms with van der Waals surface area (Å²) in [6.07, 6.45) is 0.272. The number of phenolic OH excluding ortho intramolecular Hbond substituents is 2. The summed E-state index contributed by atoms with van der Waals surface area (Å²) in [5.41, 5.74) is 6.90. The highest BCUT2D eigenvalue weighted by Gasteiger charge is 2.51. The van der Waals surface area contributed by atoms with Crippen molar-refractivity contribution in [2.24, 2.45) is 5.73 Å². The minimum atomic E-state index is -1.16. The highest BCUT2D eigenvalue weighted by atomic mass is 32.2. The number of hydrogen-bond acceptors (Lipinski definition) is 6. The first-order valence-corrected chi connectivity index (χ1v) is 7.61. The normalized spacial score (nSPS) is 24.0. The molecule has 1 fully saturated rings. The lowest BCUT2D eigenvalue weighted by molar-refractivity contribution is -0.148. The highest BCUT2D eigenvalue weighted by molar-refractivity contribution is 8.00. The number of aromatic hydroxyl groups is 2. The molecule has 0 saturated carbocycles. The molecule has 0 bridgehead atoms. The highest BCUT2D eigenvalue weighted by Crippen LogP contribution is 2.40. The zero-order chi connectivity index (χ0) is 16.0. The molecule has 8 heteroatoms. The number of rotatable bonds is 3. The number of nitrogens with zero attached hydrogens (tertiary/aromatic N) is 1. The second kappa shape index (κ2) is 5.22. The molecule has 1 aromatic rings. The Bertz CT molecular complexity index is 702. The van der Waals surface area contributed by atoms with E-state index >= 15 is 0 Å². The van der Waals surface area contributed by atoms with Gasteiger partial charge in [-0.05, 0) is 29.7 Å². The van der Waals surface area contributed by atoms with Crippen LogP contribution in [0.15, 0.2) is 29.5 Å². The molecule has 1 aromatic carbocycles. The predicted molar refractivity (Wildman–Crippen MR) is 79.2 cm³/mol. The van der Waals surface area contributed by atoms with Crippen molar-refractivity contribution in [2.75, 3.05) is 5.75 Å². The molecule has 2 heterocycles. The smallest absolute Gasteiger partial charge is 0.352 e. The summed E-state index contributed by atoms with van der Waals surface area (Å²) < 4.78 is 0. The largest absolute Gasteiger partial charge is 0.504 e. The quantitative estimate of drug-likeness (QED) is 0.463. The van der Waals surface area contributed by atoms with E-state index in [0.717, 1.165) is 0 Å². The third kappa shape index (κ3) is 2.20. The van der Waals surface area contributed by atoms with Crippen LogP contribution >= 0.6 is 11.8 Å². The van der Waals surface area contributed by atoms with Crippen molar-refractivity contribution in [3.8, 4) is 11.5 Å². The molecule has 3 rings (SSSR count). The zero-order valence-corrected chi connectivity index (χ0v) is 12.2. The van der Waals surface area contributed by atoms with E-state index in [2.05, 4.69) is 0 Å². The molecule has 0 spiro atoms. The van der Waals surface area contributed by atoms with Gasteiger partial charge in [-0.1, -0.05) is 6.07 Å². The molecule has 5 N–H and O–H groups in total. The lowest BCUT2D eigenvalue weighted by Gasteiger charge is -2.48. The van der Waals surface area contributed by atoms with Crippen molar-refractivity contribution in [3.05, 3.63) is 35.0 Å². The number of aliphatic carboxylic acids is 1. The van der Waals surface area contributed by atoms with Gasteiger partial charge in [0.15, 0.2) is 11.5 Å². The van der Waals surface area contributed by atoms with Gasteiger partial charge in [0.05, 0.1) is 0 Å². The Kier molecular flexibility index (Phi) is 3.50. The molecule has 2 aliphatic heterocycles. The summed E-state index contributed by atoms with van der Waals surface area (Å²) in [6, 6.07) is 3.66. The fourth-order valence-electron chi connectivity index (χ4n) is 2.64. The van der Waals surface area contributed by atoms with Gasteiger partial charge < -0.3 is 21.1 Å². The molecular formula is C14H14N2O5S. The molecule has 0 aliphatic carbocycles. The second-order valence-electron chi connectivity index (χ2n) is 5.19. The van der Waals surface area contributed by atoms with Gasteiger partial charge in [-0.25, -0.2) is 4.79 Å². The van der Waals surface area contributed by atoms with Crippen LogP contribution < -0.4 is 5.73 Å². The Balaban J connectivity index is 1.94. The summed E-state index contributed by atoms with van der Waals surface area (Å²) in [4.78, 5) is 24.6. The van der Waals surface area contributed by atoms with Crippen molar-refractivity contribution in [3.63, 3.8) is 0 Å². The van der Waals surface area contributed by atoms with E-state index in [1.165, 1.54) is 28.8 Å². The third-order valence-corrected chi connectivity index (χ3v) is 5.11. The van der Waals surface area contributed by atoms with Gasteiger partial charge >= 0.3 is 5.97 Å². The summed E-state index contributed by atoms with van der Waals surface area (Å²) in [7, 11) is 0. The van der Waals surface area contributed by atoms with Gasteiger partial charge in [-0.3, -0.25) is 9.69 Å².